The monoisotopic (exact) mass is 259 g/mol. The largest absolute Gasteiger partial charge is 0.416 e. The number of hydrogen-bond acceptors (Lipinski definition) is 3. The molecular weight excluding hydrogens is 251 g/mol. The van der Waals surface area contributed by atoms with Crippen molar-refractivity contribution < 1.29 is 18.1 Å². The quantitative estimate of drug-likeness (QED) is 0.615. The van der Waals surface area contributed by atoms with E-state index >= 15 is 0 Å². The van der Waals surface area contributed by atoms with Crippen LogP contribution in [0.25, 0.3) is 11.0 Å². The van der Waals surface area contributed by atoms with Crippen molar-refractivity contribution in [3.05, 3.63) is 34.1 Å². The van der Waals surface area contributed by atoms with Gasteiger partial charge in [-0.2, -0.15) is 13.2 Å². The zero-order valence-corrected chi connectivity index (χ0v) is 9.23. The van der Waals surface area contributed by atoms with Crippen molar-refractivity contribution in [2.45, 2.75) is 19.6 Å². The van der Waals surface area contributed by atoms with E-state index in [-0.39, 0.29) is 11.0 Å². The van der Waals surface area contributed by atoms with Gasteiger partial charge in [0.05, 0.1) is 22.3 Å². The molecule has 0 N–H and O–H groups in total. The van der Waals surface area contributed by atoms with Gasteiger partial charge in [-0.1, -0.05) is 0 Å². The van der Waals surface area contributed by atoms with Crippen LogP contribution in [-0.2, 0) is 12.7 Å². The lowest BCUT2D eigenvalue weighted by atomic mass is 10.1. The van der Waals surface area contributed by atoms with Crippen molar-refractivity contribution in [2.75, 3.05) is 0 Å². The average molecular weight is 259 g/mol. The van der Waals surface area contributed by atoms with Crippen LogP contribution in [0.1, 0.15) is 12.5 Å². The van der Waals surface area contributed by atoms with Crippen molar-refractivity contribution in [1.29, 1.82) is 0 Å². The molecule has 0 amide bonds. The van der Waals surface area contributed by atoms with E-state index < -0.39 is 22.4 Å². The maximum Gasteiger partial charge on any atom is 0.416 e. The Kier molecular flexibility index (Phi) is 2.72. The van der Waals surface area contributed by atoms with Crippen LogP contribution < -0.4 is 0 Å². The maximum atomic E-state index is 12.6. The van der Waals surface area contributed by atoms with Gasteiger partial charge in [0, 0.05) is 12.6 Å². The second kappa shape index (κ2) is 3.97. The third kappa shape index (κ3) is 1.89. The number of alkyl halides is 3. The van der Waals surface area contributed by atoms with E-state index in [0.717, 1.165) is 6.07 Å². The summed E-state index contributed by atoms with van der Waals surface area (Å²) < 4.78 is 39.2. The summed E-state index contributed by atoms with van der Waals surface area (Å²) in [5, 5.41) is 10.9. The zero-order chi connectivity index (χ0) is 13.5. The maximum absolute atomic E-state index is 12.6. The Labute approximate surface area is 99.0 Å². The molecule has 0 radical (unpaired) electrons. The molecule has 96 valence electrons. The molecule has 0 aliphatic carbocycles. The first-order valence-corrected chi connectivity index (χ1v) is 5.05. The van der Waals surface area contributed by atoms with Crippen LogP contribution in [0.4, 0.5) is 18.9 Å². The highest BCUT2D eigenvalue weighted by Crippen LogP contribution is 2.35. The van der Waals surface area contributed by atoms with Gasteiger partial charge in [-0.05, 0) is 13.0 Å². The number of benzene rings is 1. The first-order chi connectivity index (χ1) is 8.34. The van der Waals surface area contributed by atoms with Gasteiger partial charge in [0.25, 0.3) is 5.69 Å². The molecule has 0 aliphatic rings. The molecule has 2 aromatic rings. The molecule has 2 rings (SSSR count). The number of hydrogen-bond donors (Lipinski definition) is 0. The molecule has 0 bridgehead atoms. The van der Waals surface area contributed by atoms with Gasteiger partial charge >= 0.3 is 6.18 Å². The van der Waals surface area contributed by atoms with Gasteiger partial charge in [0.1, 0.15) is 5.52 Å². The zero-order valence-electron chi connectivity index (χ0n) is 9.23. The molecule has 1 aromatic carbocycles. The second-order valence-corrected chi connectivity index (χ2v) is 3.65. The molecule has 0 saturated carbocycles. The summed E-state index contributed by atoms with van der Waals surface area (Å²) in [7, 11) is 0. The molecule has 0 unspecified atom stereocenters. The summed E-state index contributed by atoms with van der Waals surface area (Å²) >= 11 is 0. The number of nitro benzene ring substituents is 1. The summed E-state index contributed by atoms with van der Waals surface area (Å²) in [6.45, 7) is 2.12. The smallest absolute Gasteiger partial charge is 0.325 e. The van der Waals surface area contributed by atoms with Crippen molar-refractivity contribution in [1.82, 2.24) is 9.55 Å². The number of nitro groups is 1. The standard InChI is InChI=1S/C10H8F3N3O2/c1-2-15-5-14-7-3-6(10(11,12)13)4-8(9(7)15)16(17)18/h3-5H,2H2,1H3. The van der Waals surface area contributed by atoms with Crippen LogP contribution >= 0.6 is 0 Å². The van der Waals surface area contributed by atoms with Crippen LogP contribution in [0, 0.1) is 10.1 Å². The van der Waals surface area contributed by atoms with E-state index in [1.807, 2.05) is 0 Å². The van der Waals surface area contributed by atoms with Crippen molar-refractivity contribution in [2.24, 2.45) is 0 Å². The minimum atomic E-state index is -4.63. The van der Waals surface area contributed by atoms with Crippen LogP contribution in [-0.4, -0.2) is 14.5 Å². The highest BCUT2D eigenvalue weighted by atomic mass is 19.4. The normalized spacial score (nSPS) is 12.0. The minimum absolute atomic E-state index is 0.0293. The Morgan fingerprint density at radius 2 is 2.11 bits per heavy atom. The molecule has 1 heterocycles. The Bertz CT molecular complexity index is 619. The number of rotatable bonds is 2. The fourth-order valence-corrected chi connectivity index (χ4v) is 1.73. The van der Waals surface area contributed by atoms with Gasteiger partial charge in [-0.3, -0.25) is 10.1 Å². The SMILES string of the molecule is CCn1cnc2cc(C(F)(F)F)cc([N+](=O)[O-])c21. The molecule has 0 aliphatic heterocycles. The fraction of sp³-hybridized carbons (Fsp3) is 0.300. The van der Waals surface area contributed by atoms with Crippen LogP contribution in [0.5, 0.6) is 0 Å². The summed E-state index contributed by atoms with van der Waals surface area (Å²) in [5.41, 5.74) is -1.57. The molecular formula is C10H8F3N3O2. The molecule has 8 heteroatoms. The Morgan fingerprint density at radius 1 is 1.44 bits per heavy atom. The van der Waals surface area contributed by atoms with Gasteiger partial charge in [0.2, 0.25) is 0 Å². The first kappa shape index (κ1) is 12.3. The van der Waals surface area contributed by atoms with E-state index in [2.05, 4.69) is 4.98 Å². The molecule has 5 nitrogen and oxygen atoms in total. The number of non-ortho nitro benzene ring substituents is 1. The Balaban J connectivity index is 2.81. The molecule has 0 spiro atoms. The minimum Gasteiger partial charge on any atom is -0.325 e. The number of aromatic nitrogens is 2. The number of halogens is 3. The first-order valence-electron chi connectivity index (χ1n) is 5.05. The van der Waals surface area contributed by atoms with E-state index in [4.69, 9.17) is 0 Å². The van der Waals surface area contributed by atoms with Gasteiger partial charge in [-0.15, -0.1) is 0 Å². The molecule has 0 saturated heterocycles. The number of fused-ring (bicyclic) bond motifs is 1. The van der Waals surface area contributed by atoms with Crippen LogP contribution in [0.3, 0.4) is 0 Å². The lowest BCUT2D eigenvalue weighted by Gasteiger charge is -2.07. The summed E-state index contributed by atoms with van der Waals surface area (Å²) in [4.78, 5) is 13.8. The second-order valence-electron chi connectivity index (χ2n) is 3.65. The highest BCUT2D eigenvalue weighted by molar-refractivity contribution is 5.86. The topological polar surface area (TPSA) is 61.0 Å². The number of nitrogens with zero attached hydrogens (tertiary/aromatic N) is 3. The van der Waals surface area contributed by atoms with Gasteiger partial charge in [0.15, 0.2) is 0 Å². The lowest BCUT2D eigenvalue weighted by Crippen LogP contribution is -2.06. The molecule has 1 aromatic heterocycles. The highest BCUT2D eigenvalue weighted by Gasteiger charge is 2.34. The molecule has 0 atom stereocenters. The summed E-state index contributed by atoms with van der Waals surface area (Å²) in [5.74, 6) is 0. The van der Waals surface area contributed by atoms with E-state index in [1.165, 1.54) is 10.9 Å². The van der Waals surface area contributed by atoms with Gasteiger partial charge < -0.3 is 4.57 Å². The van der Waals surface area contributed by atoms with Gasteiger partial charge in [-0.25, -0.2) is 4.98 Å². The number of imidazole rings is 1. The van der Waals surface area contributed by atoms with Crippen molar-refractivity contribution in [3.8, 4) is 0 Å². The average Bonchev–Trinajstić information content (AvgIpc) is 2.69. The lowest BCUT2D eigenvalue weighted by molar-refractivity contribution is -0.383. The summed E-state index contributed by atoms with van der Waals surface area (Å²) in [6, 6.07) is 1.35. The summed E-state index contributed by atoms with van der Waals surface area (Å²) in [6.07, 6.45) is -3.34. The Hall–Kier alpha value is -2.12. The van der Waals surface area contributed by atoms with Crippen molar-refractivity contribution in [3.63, 3.8) is 0 Å². The van der Waals surface area contributed by atoms with Crippen LogP contribution in [0.15, 0.2) is 18.5 Å². The predicted molar refractivity (Wildman–Crippen MR) is 57.1 cm³/mol. The Morgan fingerprint density at radius 3 is 2.61 bits per heavy atom. The van der Waals surface area contributed by atoms with E-state index in [0.29, 0.717) is 12.6 Å². The predicted octanol–water partition coefficient (Wildman–Crippen LogP) is 2.98. The number of aryl methyl sites for hydroxylation is 1. The van der Waals surface area contributed by atoms with Crippen molar-refractivity contribution >= 4 is 16.7 Å². The molecule has 18 heavy (non-hydrogen) atoms. The molecule has 0 fully saturated rings. The van der Waals surface area contributed by atoms with Crippen LogP contribution in [0.2, 0.25) is 0 Å². The third-order valence-electron chi connectivity index (χ3n) is 2.56. The van der Waals surface area contributed by atoms with E-state index in [1.54, 1.807) is 6.92 Å². The fourth-order valence-electron chi connectivity index (χ4n) is 1.73. The third-order valence-corrected chi connectivity index (χ3v) is 2.56. The van der Waals surface area contributed by atoms with E-state index in [9.17, 15) is 23.3 Å².